The van der Waals surface area contributed by atoms with Crippen LogP contribution in [0.3, 0.4) is 0 Å². The maximum Gasteiger partial charge on any atom is 0.300 e. The van der Waals surface area contributed by atoms with E-state index in [1.807, 2.05) is 71.2 Å². The number of imidazole rings is 4. The summed E-state index contributed by atoms with van der Waals surface area (Å²) in [6, 6.07) is 0. The Bertz CT molecular complexity index is 1110. The average molecular weight is 637 g/mol. The number of hydrogen-bond acceptors (Lipinski definition) is 8. The van der Waals surface area contributed by atoms with Gasteiger partial charge < -0.3 is 28.5 Å². The SMILES string of the molecule is CC(=O)O.Cn1ccnc1CN(Cc1nccn1C)CC(O)CN(Cc1nccn1C)Cc1nccn1C.[Mn].[Mn]. The Morgan fingerprint density at radius 1 is 0.675 bits per heavy atom. The van der Waals surface area contributed by atoms with Gasteiger partial charge in [-0.05, 0) is 0 Å². The fourth-order valence-corrected chi connectivity index (χ4v) is 4.02. The molecule has 2 N–H and O–H groups in total. The smallest absolute Gasteiger partial charge is 0.300 e. The number of carboxylic acid groups (broad SMARTS) is 1. The minimum absolute atomic E-state index is 0. The third-order valence-corrected chi connectivity index (χ3v) is 6.08. The van der Waals surface area contributed by atoms with Crippen LogP contribution >= 0.6 is 0 Å². The van der Waals surface area contributed by atoms with Gasteiger partial charge in [-0.15, -0.1) is 0 Å². The van der Waals surface area contributed by atoms with Crippen LogP contribution in [0.15, 0.2) is 49.6 Å². The summed E-state index contributed by atoms with van der Waals surface area (Å²) in [4.78, 5) is 31.3. The first kappa shape index (κ1) is 35.3. The van der Waals surface area contributed by atoms with Gasteiger partial charge in [-0.1, -0.05) is 0 Å². The Balaban J connectivity index is 0.00000125. The van der Waals surface area contributed by atoms with Crippen molar-refractivity contribution < 1.29 is 49.1 Å². The summed E-state index contributed by atoms with van der Waals surface area (Å²) < 4.78 is 8.02. The van der Waals surface area contributed by atoms with Crippen LogP contribution < -0.4 is 0 Å². The van der Waals surface area contributed by atoms with Gasteiger partial charge in [-0.2, -0.15) is 0 Å². The molecule has 0 aliphatic heterocycles. The van der Waals surface area contributed by atoms with Gasteiger partial charge in [0.15, 0.2) is 0 Å². The standard InChI is InChI=1S/C23H34N10O.C2H4O2.2Mn/c1-28-9-5-24-20(28)15-32(16-21-25-6-10-29(21)2)13-19(34)14-33(17-22-26-7-11-30(22)3)18-23-27-8-12-31(23)4;1-2(3)4;;/h5-12,19,34H,13-18H2,1-4H3;1H3,(H,3,4);;. The third-order valence-electron chi connectivity index (χ3n) is 6.08. The Morgan fingerprint density at radius 3 is 1.07 bits per heavy atom. The molecule has 4 aromatic heterocycles. The molecule has 40 heavy (non-hydrogen) atoms. The number of aryl methyl sites for hydroxylation is 4. The van der Waals surface area contributed by atoms with E-state index in [1.165, 1.54) is 0 Å². The van der Waals surface area contributed by atoms with Gasteiger partial charge in [0.1, 0.15) is 23.3 Å². The van der Waals surface area contributed by atoms with Crippen molar-refractivity contribution >= 4 is 5.97 Å². The zero-order valence-electron chi connectivity index (χ0n) is 23.5. The number of hydrogen-bond donors (Lipinski definition) is 2. The number of aromatic nitrogens is 8. The van der Waals surface area contributed by atoms with Gasteiger partial charge in [-0.3, -0.25) is 14.6 Å². The van der Waals surface area contributed by atoms with Gasteiger partial charge in [0.05, 0.1) is 32.3 Å². The molecule has 0 bridgehead atoms. The van der Waals surface area contributed by atoms with Crippen molar-refractivity contribution in [2.75, 3.05) is 13.1 Å². The summed E-state index contributed by atoms with van der Waals surface area (Å²) in [6.45, 7) is 4.52. The van der Waals surface area contributed by atoms with Gasteiger partial charge in [0.25, 0.3) is 5.97 Å². The fraction of sp³-hybridized carbons (Fsp3) is 0.480. The zero-order valence-corrected chi connectivity index (χ0v) is 25.8. The zero-order chi connectivity index (χ0) is 27.7. The molecule has 0 aliphatic rings. The molecule has 0 amide bonds. The molecule has 0 fully saturated rings. The Kier molecular flexibility index (Phi) is 15.1. The van der Waals surface area contributed by atoms with Crippen molar-refractivity contribution in [2.24, 2.45) is 28.2 Å². The van der Waals surface area contributed by atoms with Crippen LogP contribution in [-0.2, 0) is 93.3 Å². The number of nitrogens with zero attached hydrogens (tertiary/aromatic N) is 10. The Labute approximate surface area is 255 Å². The number of rotatable bonds is 12. The summed E-state index contributed by atoms with van der Waals surface area (Å²) in [5.41, 5.74) is 0. The van der Waals surface area contributed by atoms with Crippen molar-refractivity contribution in [1.29, 1.82) is 0 Å². The first-order valence-electron chi connectivity index (χ1n) is 12.3. The van der Waals surface area contributed by atoms with E-state index >= 15 is 0 Å². The molecule has 220 valence electrons. The van der Waals surface area contributed by atoms with Crippen LogP contribution in [0.5, 0.6) is 0 Å². The van der Waals surface area contributed by atoms with Crippen LogP contribution in [-0.4, -0.2) is 83.4 Å². The molecular formula is C25H38Mn2N10O3. The van der Waals surface area contributed by atoms with Crippen LogP contribution in [0.4, 0.5) is 0 Å². The van der Waals surface area contributed by atoms with E-state index in [0.29, 0.717) is 39.3 Å². The quantitative estimate of drug-likeness (QED) is 0.216. The summed E-state index contributed by atoms with van der Waals surface area (Å²) >= 11 is 0. The van der Waals surface area contributed by atoms with Crippen molar-refractivity contribution in [1.82, 2.24) is 48.0 Å². The Hall–Kier alpha value is -2.77. The molecule has 13 nitrogen and oxygen atoms in total. The number of carboxylic acids is 1. The van der Waals surface area contributed by atoms with Crippen molar-refractivity contribution in [3.63, 3.8) is 0 Å². The largest absolute Gasteiger partial charge is 0.481 e. The van der Waals surface area contributed by atoms with E-state index in [2.05, 4.69) is 29.7 Å². The summed E-state index contributed by atoms with van der Waals surface area (Å²) in [5, 5.41) is 18.6. The summed E-state index contributed by atoms with van der Waals surface area (Å²) in [5.74, 6) is 2.94. The minimum Gasteiger partial charge on any atom is -0.481 e. The van der Waals surface area contributed by atoms with E-state index in [9.17, 15) is 5.11 Å². The van der Waals surface area contributed by atoms with E-state index in [4.69, 9.17) is 9.90 Å². The number of aliphatic hydroxyl groups is 1. The molecule has 15 heteroatoms. The van der Waals surface area contributed by atoms with Gasteiger partial charge in [0, 0.05) is 132 Å². The maximum atomic E-state index is 11.2. The fourth-order valence-electron chi connectivity index (χ4n) is 4.02. The summed E-state index contributed by atoms with van der Waals surface area (Å²) in [7, 11) is 7.94. The molecule has 0 atom stereocenters. The maximum absolute atomic E-state index is 11.2. The molecule has 0 saturated carbocycles. The second-order valence-corrected chi connectivity index (χ2v) is 9.33. The number of aliphatic hydroxyl groups excluding tert-OH is 1. The number of carbonyl (C=O) groups is 1. The second-order valence-electron chi connectivity index (χ2n) is 9.33. The van der Waals surface area contributed by atoms with E-state index in [0.717, 1.165) is 30.2 Å². The predicted molar refractivity (Wildman–Crippen MR) is 140 cm³/mol. The van der Waals surface area contributed by atoms with Crippen LogP contribution in [0.1, 0.15) is 30.2 Å². The van der Waals surface area contributed by atoms with Crippen molar-refractivity contribution in [3.8, 4) is 0 Å². The molecule has 0 spiro atoms. The van der Waals surface area contributed by atoms with E-state index in [1.54, 1.807) is 24.8 Å². The van der Waals surface area contributed by atoms with Crippen LogP contribution in [0.2, 0.25) is 0 Å². The number of aliphatic carboxylic acids is 1. The first-order chi connectivity index (χ1) is 18.1. The molecule has 0 aliphatic carbocycles. The second kappa shape index (κ2) is 17.1. The molecule has 4 rings (SSSR count). The molecular weight excluding hydrogens is 598 g/mol. The molecule has 4 aromatic rings. The minimum atomic E-state index is -0.833. The van der Waals surface area contributed by atoms with Crippen molar-refractivity contribution in [2.45, 2.75) is 39.2 Å². The molecule has 0 unspecified atom stereocenters. The van der Waals surface area contributed by atoms with Crippen LogP contribution in [0.25, 0.3) is 0 Å². The predicted octanol–water partition coefficient (Wildman–Crippen LogP) is 0.772. The van der Waals surface area contributed by atoms with Gasteiger partial charge in [0.2, 0.25) is 0 Å². The third kappa shape index (κ3) is 11.0. The van der Waals surface area contributed by atoms with Gasteiger partial charge >= 0.3 is 0 Å². The van der Waals surface area contributed by atoms with Crippen LogP contribution in [0, 0.1) is 0 Å². The molecule has 0 saturated heterocycles. The molecule has 0 aromatic carbocycles. The topological polar surface area (TPSA) is 135 Å². The normalized spacial score (nSPS) is 10.8. The van der Waals surface area contributed by atoms with Crippen molar-refractivity contribution in [3.05, 3.63) is 72.9 Å². The Morgan fingerprint density at radius 2 is 0.900 bits per heavy atom. The van der Waals surface area contributed by atoms with Gasteiger partial charge in [-0.25, -0.2) is 19.9 Å². The van der Waals surface area contributed by atoms with E-state index in [-0.39, 0.29) is 34.1 Å². The average Bonchev–Trinajstić information content (AvgIpc) is 3.62. The molecule has 4 heterocycles. The summed E-state index contributed by atoms with van der Waals surface area (Å²) in [6.07, 6.45) is 14.4. The first-order valence-corrected chi connectivity index (χ1v) is 12.3. The van der Waals surface area contributed by atoms with E-state index < -0.39 is 12.1 Å². The molecule has 2 radical (unpaired) electrons. The monoisotopic (exact) mass is 636 g/mol.